The Morgan fingerprint density at radius 3 is 3.00 bits per heavy atom. The van der Waals surface area contributed by atoms with E-state index in [0.29, 0.717) is 5.88 Å². The second-order valence-corrected chi connectivity index (χ2v) is 4.27. The zero-order valence-corrected chi connectivity index (χ0v) is 10.1. The summed E-state index contributed by atoms with van der Waals surface area (Å²) in [5.41, 5.74) is 0.936. The van der Waals surface area contributed by atoms with Crippen molar-refractivity contribution in [3.05, 3.63) is 16.0 Å². The second kappa shape index (κ2) is 3.72. The summed E-state index contributed by atoms with van der Waals surface area (Å²) in [6.07, 6.45) is 1.88. The molecule has 4 nitrogen and oxygen atoms in total. The van der Waals surface area contributed by atoms with Crippen molar-refractivity contribution in [2.75, 3.05) is 0 Å². The lowest BCUT2D eigenvalue weighted by molar-refractivity contribution is 0.233. The van der Waals surface area contributed by atoms with Gasteiger partial charge in [0.15, 0.2) is 0 Å². The van der Waals surface area contributed by atoms with Crippen LogP contribution in [0.25, 0.3) is 10.9 Å². The molecule has 0 atom stereocenters. The van der Waals surface area contributed by atoms with Gasteiger partial charge < -0.3 is 4.74 Å². The third kappa shape index (κ3) is 1.82. The first kappa shape index (κ1) is 9.70. The van der Waals surface area contributed by atoms with Gasteiger partial charge in [-0.05, 0) is 36.4 Å². The lowest BCUT2D eigenvalue weighted by Gasteiger charge is -2.07. The number of fused-ring (bicyclic) bond motifs is 1. The molecular weight excluding hydrogens is 293 g/mol. The molecule has 2 aromatic heterocycles. The maximum absolute atomic E-state index is 5.49. The van der Waals surface area contributed by atoms with Gasteiger partial charge in [0.1, 0.15) is 3.70 Å². The summed E-state index contributed by atoms with van der Waals surface area (Å²) in [5.74, 6) is 0.645. The van der Waals surface area contributed by atoms with Crippen molar-refractivity contribution in [1.29, 1.82) is 0 Å². The molecule has 0 aliphatic carbocycles. The van der Waals surface area contributed by atoms with Crippen LogP contribution in [0.4, 0.5) is 0 Å². The molecule has 0 spiro atoms. The van der Waals surface area contributed by atoms with Gasteiger partial charge in [0.25, 0.3) is 0 Å². The molecule has 0 bridgehead atoms. The Morgan fingerprint density at radius 1 is 1.50 bits per heavy atom. The van der Waals surface area contributed by atoms with E-state index in [1.807, 2.05) is 19.9 Å². The highest BCUT2D eigenvalue weighted by molar-refractivity contribution is 14.1. The fourth-order valence-corrected chi connectivity index (χ4v) is 1.74. The van der Waals surface area contributed by atoms with Crippen LogP contribution in [0.15, 0.2) is 12.3 Å². The highest BCUT2D eigenvalue weighted by atomic mass is 127. The van der Waals surface area contributed by atoms with Crippen molar-refractivity contribution >= 4 is 33.5 Å². The first-order valence-electron chi connectivity index (χ1n) is 4.33. The molecule has 0 aliphatic rings. The van der Waals surface area contributed by atoms with Gasteiger partial charge in [-0.2, -0.15) is 5.10 Å². The number of ether oxygens (including phenoxy) is 1. The summed E-state index contributed by atoms with van der Waals surface area (Å²) in [7, 11) is 0. The predicted molar refractivity (Wildman–Crippen MR) is 62.4 cm³/mol. The van der Waals surface area contributed by atoms with Gasteiger partial charge in [0.2, 0.25) is 5.88 Å². The fraction of sp³-hybridized carbons (Fsp3) is 0.333. The third-order valence-electron chi connectivity index (χ3n) is 1.73. The first-order chi connectivity index (χ1) is 6.66. The number of aromatic amines is 1. The van der Waals surface area contributed by atoms with Crippen LogP contribution >= 0.6 is 22.6 Å². The van der Waals surface area contributed by atoms with Crippen LogP contribution in [0.3, 0.4) is 0 Å². The molecular formula is C9H10IN3O. The van der Waals surface area contributed by atoms with Gasteiger partial charge in [-0.1, -0.05) is 0 Å². The van der Waals surface area contributed by atoms with Gasteiger partial charge in [0, 0.05) is 11.5 Å². The molecule has 0 aliphatic heterocycles. The summed E-state index contributed by atoms with van der Waals surface area (Å²) in [6, 6.07) is 1.90. The van der Waals surface area contributed by atoms with Gasteiger partial charge in [-0.3, -0.25) is 5.10 Å². The largest absolute Gasteiger partial charge is 0.475 e. The normalized spacial score (nSPS) is 11.1. The van der Waals surface area contributed by atoms with Crippen molar-refractivity contribution in [2.24, 2.45) is 0 Å². The van der Waals surface area contributed by atoms with E-state index in [2.05, 4.69) is 37.8 Å². The lowest BCUT2D eigenvalue weighted by Crippen LogP contribution is -2.06. The van der Waals surface area contributed by atoms with E-state index >= 15 is 0 Å². The summed E-state index contributed by atoms with van der Waals surface area (Å²) >= 11 is 2.18. The number of hydrogen-bond acceptors (Lipinski definition) is 3. The highest BCUT2D eigenvalue weighted by Gasteiger charge is 2.06. The molecule has 0 aromatic carbocycles. The molecule has 1 N–H and O–H groups in total. The topological polar surface area (TPSA) is 50.8 Å². The average Bonchev–Trinajstić information content (AvgIpc) is 2.47. The lowest BCUT2D eigenvalue weighted by atomic mass is 10.3. The Hall–Kier alpha value is -0.850. The van der Waals surface area contributed by atoms with Gasteiger partial charge in [-0.25, -0.2) is 4.98 Å². The smallest absolute Gasteiger partial charge is 0.214 e. The molecule has 14 heavy (non-hydrogen) atoms. The minimum atomic E-state index is 0.143. The Kier molecular flexibility index (Phi) is 2.58. The van der Waals surface area contributed by atoms with Gasteiger partial charge in [-0.15, -0.1) is 0 Å². The third-order valence-corrected chi connectivity index (χ3v) is 2.55. The Bertz CT molecular complexity index is 452. The molecule has 0 radical (unpaired) electrons. The van der Waals surface area contributed by atoms with E-state index in [9.17, 15) is 0 Å². The summed E-state index contributed by atoms with van der Waals surface area (Å²) in [5, 5.41) is 8.03. The molecule has 0 saturated carbocycles. The van der Waals surface area contributed by atoms with E-state index in [-0.39, 0.29) is 6.10 Å². The molecule has 0 fully saturated rings. The Morgan fingerprint density at radius 2 is 2.29 bits per heavy atom. The molecule has 2 heterocycles. The Labute approximate surface area is 95.2 Å². The maximum atomic E-state index is 5.49. The maximum Gasteiger partial charge on any atom is 0.214 e. The fourth-order valence-electron chi connectivity index (χ4n) is 1.17. The molecule has 2 aromatic rings. The summed E-state index contributed by atoms with van der Waals surface area (Å²) < 4.78 is 6.43. The van der Waals surface area contributed by atoms with Crippen molar-refractivity contribution in [1.82, 2.24) is 15.2 Å². The van der Waals surface area contributed by atoms with E-state index < -0.39 is 0 Å². The second-order valence-electron chi connectivity index (χ2n) is 3.25. The van der Waals surface area contributed by atoms with Crippen LogP contribution in [-0.2, 0) is 0 Å². The number of aromatic nitrogens is 3. The van der Waals surface area contributed by atoms with Crippen molar-refractivity contribution in [3.8, 4) is 5.88 Å². The van der Waals surface area contributed by atoms with E-state index in [4.69, 9.17) is 4.74 Å². The van der Waals surface area contributed by atoms with E-state index in [1.54, 1.807) is 6.20 Å². The van der Waals surface area contributed by atoms with Gasteiger partial charge in [0.05, 0.1) is 17.8 Å². The highest BCUT2D eigenvalue weighted by Crippen LogP contribution is 2.21. The number of hydrogen-bond donors (Lipinski definition) is 1. The zero-order chi connectivity index (χ0) is 10.1. The Balaban J connectivity index is 2.44. The minimum Gasteiger partial charge on any atom is -0.475 e. The molecule has 0 unspecified atom stereocenters. The minimum absolute atomic E-state index is 0.143. The van der Waals surface area contributed by atoms with Gasteiger partial charge >= 0.3 is 0 Å². The summed E-state index contributed by atoms with van der Waals surface area (Å²) in [6.45, 7) is 3.96. The number of nitrogens with zero attached hydrogens (tertiary/aromatic N) is 2. The van der Waals surface area contributed by atoms with Crippen LogP contribution < -0.4 is 4.74 Å². The van der Waals surface area contributed by atoms with Crippen molar-refractivity contribution in [3.63, 3.8) is 0 Å². The standard InChI is InChI=1S/C9H10IN3O/c1-5(2)14-8-3-6-7(4-11-8)12-13-9(6)10/h3-5H,1-2H3,(H,12,13). The average molecular weight is 303 g/mol. The molecule has 0 amide bonds. The number of halogens is 1. The predicted octanol–water partition coefficient (Wildman–Crippen LogP) is 2.35. The van der Waals surface area contributed by atoms with Crippen LogP contribution in [0.5, 0.6) is 5.88 Å². The number of nitrogens with one attached hydrogen (secondary N) is 1. The quantitative estimate of drug-likeness (QED) is 0.867. The van der Waals surface area contributed by atoms with Crippen LogP contribution in [0.2, 0.25) is 0 Å². The molecule has 74 valence electrons. The number of rotatable bonds is 2. The van der Waals surface area contributed by atoms with Crippen LogP contribution in [0, 0.1) is 3.70 Å². The monoisotopic (exact) mass is 303 g/mol. The summed E-state index contributed by atoms with van der Waals surface area (Å²) in [4.78, 5) is 4.16. The SMILES string of the molecule is CC(C)Oc1cc2c(I)n[nH]c2cn1. The first-order valence-corrected chi connectivity index (χ1v) is 5.41. The van der Waals surface area contributed by atoms with E-state index in [0.717, 1.165) is 14.6 Å². The van der Waals surface area contributed by atoms with Crippen molar-refractivity contribution < 1.29 is 4.74 Å². The molecule has 5 heteroatoms. The molecule has 0 saturated heterocycles. The van der Waals surface area contributed by atoms with E-state index in [1.165, 1.54) is 0 Å². The zero-order valence-electron chi connectivity index (χ0n) is 7.91. The number of pyridine rings is 1. The van der Waals surface area contributed by atoms with Crippen molar-refractivity contribution in [2.45, 2.75) is 20.0 Å². The van der Waals surface area contributed by atoms with Crippen LogP contribution in [0.1, 0.15) is 13.8 Å². The molecule has 2 rings (SSSR count). The number of H-pyrrole nitrogens is 1. The van der Waals surface area contributed by atoms with Crippen LogP contribution in [-0.4, -0.2) is 21.3 Å².